The highest BCUT2D eigenvalue weighted by Crippen LogP contribution is 2.25. The van der Waals surface area contributed by atoms with Crippen LogP contribution in [-0.4, -0.2) is 19.0 Å². The quantitative estimate of drug-likeness (QED) is 0.752. The first-order valence-corrected chi connectivity index (χ1v) is 7.88. The van der Waals surface area contributed by atoms with Crippen molar-refractivity contribution in [2.75, 3.05) is 18.4 Å². The Bertz CT molecular complexity index is 662. The zero-order valence-electron chi connectivity index (χ0n) is 11.7. The predicted molar refractivity (Wildman–Crippen MR) is 93.1 cm³/mol. The van der Waals surface area contributed by atoms with Gasteiger partial charge in [0, 0.05) is 10.0 Å². The highest BCUT2D eigenvalue weighted by molar-refractivity contribution is 6.36. The minimum absolute atomic E-state index is 0.157. The van der Waals surface area contributed by atoms with Gasteiger partial charge in [-0.15, -0.1) is 0 Å². The molecule has 6 heteroatoms. The second kappa shape index (κ2) is 8.39. The first kappa shape index (κ1) is 17.1. The van der Waals surface area contributed by atoms with Crippen LogP contribution in [0.2, 0.25) is 15.1 Å². The molecule has 0 aromatic heterocycles. The van der Waals surface area contributed by atoms with Crippen molar-refractivity contribution in [2.45, 2.75) is 6.42 Å². The van der Waals surface area contributed by atoms with Crippen molar-refractivity contribution in [1.82, 2.24) is 5.32 Å². The molecule has 0 aliphatic rings. The lowest BCUT2D eigenvalue weighted by molar-refractivity contribution is -0.115. The molecule has 0 fully saturated rings. The second-order valence-electron chi connectivity index (χ2n) is 4.73. The number of nitrogens with one attached hydrogen (secondary N) is 2. The summed E-state index contributed by atoms with van der Waals surface area (Å²) in [4.78, 5) is 11.8. The second-order valence-corrected chi connectivity index (χ2v) is 6.01. The highest BCUT2D eigenvalue weighted by atomic mass is 35.5. The van der Waals surface area contributed by atoms with E-state index in [0.29, 0.717) is 27.3 Å². The third-order valence-corrected chi connectivity index (χ3v) is 3.75. The smallest absolute Gasteiger partial charge is 0.238 e. The molecule has 2 aromatic carbocycles. The highest BCUT2D eigenvalue weighted by Gasteiger charge is 2.06. The van der Waals surface area contributed by atoms with Crippen LogP contribution >= 0.6 is 34.8 Å². The summed E-state index contributed by atoms with van der Waals surface area (Å²) in [5, 5.41) is 7.47. The lowest BCUT2D eigenvalue weighted by Gasteiger charge is -2.08. The van der Waals surface area contributed by atoms with Gasteiger partial charge in [-0.1, -0.05) is 46.9 Å². The van der Waals surface area contributed by atoms with E-state index in [0.717, 1.165) is 12.0 Å². The first-order valence-electron chi connectivity index (χ1n) is 6.74. The van der Waals surface area contributed by atoms with Crippen molar-refractivity contribution in [3.8, 4) is 0 Å². The monoisotopic (exact) mass is 356 g/mol. The van der Waals surface area contributed by atoms with Crippen molar-refractivity contribution in [2.24, 2.45) is 0 Å². The molecule has 0 heterocycles. The number of hydrogen-bond donors (Lipinski definition) is 2. The Kier molecular flexibility index (Phi) is 6.52. The molecule has 0 saturated carbocycles. The molecule has 0 aliphatic heterocycles. The lowest BCUT2D eigenvalue weighted by atomic mass is 10.1. The van der Waals surface area contributed by atoms with Gasteiger partial charge in [0.2, 0.25) is 5.91 Å². The summed E-state index contributed by atoms with van der Waals surface area (Å²) in [5.74, 6) is -0.157. The summed E-state index contributed by atoms with van der Waals surface area (Å²) in [7, 11) is 0. The van der Waals surface area contributed by atoms with E-state index in [1.165, 1.54) is 0 Å². The summed E-state index contributed by atoms with van der Waals surface area (Å²) in [6, 6.07) is 12.6. The van der Waals surface area contributed by atoms with Crippen molar-refractivity contribution in [1.29, 1.82) is 0 Å². The number of benzene rings is 2. The fourth-order valence-electron chi connectivity index (χ4n) is 1.91. The molecule has 22 heavy (non-hydrogen) atoms. The fraction of sp³-hybridized carbons (Fsp3) is 0.188. The maximum absolute atomic E-state index is 11.8. The van der Waals surface area contributed by atoms with Crippen LogP contribution < -0.4 is 10.6 Å². The Morgan fingerprint density at radius 3 is 2.50 bits per heavy atom. The van der Waals surface area contributed by atoms with Gasteiger partial charge >= 0.3 is 0 Å². The molecule has 0 bridgehead atoms. The number of amides is 1. The summed E-state index contributed by atoms with van der Waals surface area (Å²) in [5.41, 5.74) is 1.67. The fourth-order valence-corrected chi connectivity index (χ4v) is 2.58. The van der Waals surface area contributed by atoms with Gasteiger partial charge in [0.25, 0.3) is 0 Å². The van der Waals surface area contributed by atoms with E-state index in [1.807, 2.05) is 24.3 Å². The number of anilines is 1. The molecule has 2 rings (SSSR count). The minimum Gasteiger partial charge on any atom is -0.324 e. The average molecular weight is 358 g/mol. The summed E-state index contributed by atoms with van der Waals surface area (Å²) < 4.78 is 0. The van der Waals surface area contributed by atoms with Gasteiger partial charge in [-0.3, -0.25) is 4.79 Å². The summed E-state index contributed by atoms with van der Waals surface area (Å²) in [6.07, 6.45) is 0.801. The summed E-state index contributed by atoms with van der Waals surface area (Å²) in [6.45, 7) is 0.891. The molecule has 0 unspecified atom stereocenters. The predicted octanol–water partition coefficient (Wildman–Crippen LogP) is 4.42. The average Bonchev–Trinajstić information content (AvgIpc) is 2.47. The SMILES string of the molecule is O=C(CNCCc1cccc(Cl)c1)Nc1ccc(Cl)cc1Cl. The molecule has 2 N–H and O–H groups in total. The number of halogens is 3. The van der Waals surface area contributed by atoms with E-state index in [-0.39, 0.29) is 12.5 Å². The first-order chi connectivity index (χ1) is 10.5. The Hall–Kier alpha value is -1.26. The van der Waals surface area contributed by atoms with Crippen molar-refractivity contribution in [3.05, 3.63) is 63.1 Å². The van der Waals surface area contributed by atoms with Crippen LogP contribution in [-0.2, 0) is 11.2 Å². The maximum Gasteiger partial charge on any atom is 0.238 e. The Balaban J connectivity index is 1.74. The molecule has 0 spiro atoms. The van der Waals surface area contributed by atoms with Gasteiger partial charge in [0.15, 0.2) is 0 Å². The normalized spacial score (nSPS) is 10.5. The third kappa shape index (κ3) is 5.50. The molecule has 116 valence electrons. The van der Waals surface area contributed by atoms with Crippen LogP contribution in [0.15, 0.2) is 42.5 Å². The van der Waals surface area contributed by atoms with Gasteiger partial charge in [-0.25, -0.2) is 0 Å². The van der Waals surface area contributed by atoms with Crippen LogP contribution in [0, 0.1) is 0 Å². The molecule has 3 nitrogen and oxygen atoms in total. The van der Waals surface area contributed by atoms with Gasteiger partial charge in [0.05, 0.1) is 17.3 Å². The maximum atomic E-state index is 11.8. The molecule has 2 aromatic rings. The van der Waals surface area contributed by atoms with Gasteiger partial charge in [-0.2, -0.15) is 0 Å². The van der Waals surface area contributed by atoms with E-state index in [9.17, 15) is 4.79 Å². The van der Waals surface area contributed by atoms with Gasteiger partial charge in [-0.05, 0) is 48.9 Å². The molecule has 0 radical (unpaired) electrons. The van der Waals surface area contributed by atoms with Crippen molar-refractivity contribution < 1.29 is 4.79 Å². The van der Waals surface area contributed by atoms with E-state index in [1.54, 1.807) is 18.2 Å². The number of carbonyl (C=O) groups is 1. The zero-order chi connectivity index (χ0) is 15.9. The molecule has 0 aliphatic carbocycles. The van der Waals surface area contributed by atoms with Gasteiger partial charge in [0.1, 0.15) is 0 Å². The van der Waals surface area contributed by atoms with Crippen LogP contribution in [0.25, 0.3) is 0 Å². The van der Waals surface area contributed by atoms with Crippen molar-refractivity contribution in [3.63, 3.8) is 0 Å². The largest absolute Gasteiger partial charge is 0.324 e. The van der Waals surface area contributed by atoms with Crippen molar-refractivity contribution >= 4 is 46.4 Å². The molecular formula is C16H15Cl3N2O. The van der Waals surface area contributed by atoms with E-state index in [4.69, 9.17) is 34.8 Å². The number of hydrogen-bond acceptors (Lipinski definition) is 2. The van der Waals surface area contributed by atoms with Crippen LogP contribution in [0.3, 0.4) is 0 Å². The van der Waals surface area contributed by atoms with Gasteiger partial charge < -0.3 is 10.6 Å². The third-order valence-electron chi connectivity index (χ3n) is 2.97. The summed E-state index contributed by atoms with van der Waals surface area (Å²) >= 11 is 17.7. The number of rotatable bonds is 6. The Morgan fingerprint density at radius 2 is 1.77 bits per heavy atom. The van der Waals surface area contributed by atoms with Crippen LogP contribution in [0.1, 0.15) is 5.56 Å². The molecule has 0 atom stereocenters. The molecular weight excluding hydrogens is 343 g/mol. The Labute approximate surface area is 144 Å². The standard InChI is InChI=1S/C16H15Cl3N2O/c17-12-3-1-2-11(8-12)6-7-20-10-16(22)21-15-5-4-13(18)9-14(15)19/h1-5,8-9,20H,6-7,10H2,(H,21,22). The van der Waals surface area contributed by atoms with Crippen LogP contribution in [0.4, 0.5) is 5.69 Å². The molecule has 0 saturated heterocycles. The van der Waals surface area contributed by atoms with E-state index >= 15 is 0 Å². The topological polar surface area (TPSA) is 41.1 Å². The van der Waals surface area contributed by atoms with Crippen LogP contribution in [0.5, 0.6) is 0 Å². The van der Waals surface area contributed by atoms with E-state index < -0.39 is 0 Å². The number of carbonyl (C=O) groups excluding carboxylic acids is 1. The molecule has 1 amide bonds. The zero-order valence-corrected chi connectivity index (χ0v) is 14.0. The Morgan fingerprint density at radius 1 is 1.00 bits per heavy atom. The minimum atomic E-state index is -0.157. The lowest BCUT2D eigenvalue weighted by Crippen LogP contribution is -2.29. The van der Waals surface area contributed by atoms with E-state index in [2.05, 4.69) is 10.6 Å².